The molecule has 0 saturated heterocycles. The van der Waals surface area contributed by atoms with Crippen LogP contribution in [0, 0.1) is 6.92 Å². The predicted octanol–water partition coefficient (Wildman–Crippen LogP) is 3.94. The average Bonchev–Trinajstić information content (AvgIpc) is 3.22. The third-order valence-corrected chi connectivity index (χ3v) is 6.11. The molecule has 32 heavy (non-hydrogen) atoms. The topological polar surface area (TPSA) is 122 Å². The maximum absolute atomic E-state index is 12.3. The number of carbonyl (C=O) groups is 3. The van der Waals surface area contributed by atoms with E-state index in [9.17, 15) is 14.4 Å². The highest BCUT2D eigenvalue weighted by Crippen LogP contribution is 2.25. The van der Waals surface area contributed by atoms with E-state index in [-0.39, 0.29) is 30.1 Å². The molecule has 0 unspecified atom stereocenters. The third kappa shape index (κ3) is 7.06. The van der Waals surface area contributed by atoms with Gasteiger partial charge in [0, 0.05) is 11.4 Å². The van der Waals surface area contributed by atoms with Gasteiger partial charge in [-0.25, -0.2) is 4.79 Å². The molecule has 0 aliphatic rings. The standard InChI is InChI=1S/C21H21N5O4S2/c1-13-5-3-4-6-16(13)23-19(29)22-15-9-7-14(8-10-15)11-17(27)24-20-25-26-21(32-20)31-12-18(28)30-2/h3-10H,11-12H2,1-2H3,(H2,22,23,29)(H,24,25,27). The van der Waals surface area contributed by atoms with Crippen LogP contribution in [-0.4, -0.2) is 41.0 Å². The molecule has 3 aromatic rings. The normalized spacial score (nSPS) is 10.3. The zero-order valence-electron chi connectivity index (χ0n) is 17.4. The summed E-state index contributed by atoms with van der Waals surface area (Å²) in [4.78, 5) is 35.6. The number of nitrogens with one attached hydrogen (secondary N) is 3. The van der Waals surface area contributed by atoms with E-state index >= 15 is 0 Å². The van der Waals surface area contributed by atoms with Crippen molar-refractivity contribution in [2.75, 3.05) is 28.8 Å². The van der Waals surface area contributed by atoms with Crippen molar-refractivity contribution in [1.82, 2.24) is 10.2 Å². The van der Waals surface area contributed by atoms with Gasteiger partial charge in [-0.1, -0.05) is 53.4 Å². The number of aryl methyl sites for hydroxylation is 1. The van der Waals surface area contributed by atoms with Crippen molar-refractivity contribution in [3.8, 4) is 0 Å². The zero-order chi connectivity index (χ0) is 22.9. The molecule has 0 radical (unpaired) electrons. The SMILES string of the molecule is COC(=O)CSc1nnc(NC(=O)Cc2ccc(NC(=O)Nc3ccccc3C)cc2)s1. The maximum atomic E-state index is 12.3. The molecule has 0 fully saturated rings. The number of urea groups is 1. The van der Waals surface area contributed by atoms with Crippen molar-refractivity contribution < 1.29 is 19.1 Å². The second-order valence-electron chi connectivity index (χ2n) is 6.55. The highest BCUT2D eigenvalue weighted by Gasteiger charge is 2.11. The number of amides is 3. The summed E-state index contributed by atoms with van der Waals surface area (Å²) in [5.41, 5.74) is 3.09. The molecular weight excluding hydrogens is 450 g/mol. The first-order chi connectivity index (χ1) is 15.4. The van der Waals surface area contributed by atoms with Gasteiger partial charge >= 0.3 is 12.0 Å². The van der Waals surface area contributed by atoms with Gasteiger partial charge < -0.3 is 20.7 Å². The average molecular weight is 472 g/mol. The van der Waals surface area contributed by atoms with E-state index in [4.69, 9.17) is 0 Å². The number of methoxy groups -OCH3 is 1. The van der Waals surface area contributed by atoms with Crippen LogP contribution in [0.4, 0.5) is 21.3 Å². The Kier molecular flexibility index (Phi) is 8.17. The smallest absolute Gasteiger partial charge is 0.323 e. The van der Waals surface area contributed by atoms with Gasteiger partial charge in [-0.15, -0.1) is 10.2 Å². The van der Waals surface area contributed by atoms with Gasteiger partial charge in [-0.05, 0) is 36.2 Å². The lowest BCUT2D eigenvalue weighted by Gasteiger charge is -2.10. The molecule has 166 valence electrons. The maximum Gasteiger partial charge on any atom is 0.323 e. The summed E-state index contributed by atoms with van der Waals surface area (Å²) in [6, 6.07) is 14.1. The van der Waals surface area contributed by atoms with Gasteiger partial charge in [-0.3, -0.25) is 9.59 Å². The number of hydrogen-bond acceptors (Lipinski definition) is 8. The fourth-order valence-electron chi connectivity index (χ4n) is 2.55. The van der Waals surface area contributed by atoms with Crippen molar-refractivity contribution in [2.45, 2.75) is 17.7 Å². The predicted molar refractivity (Wildman–Crippen MR) is 125 cm³/mol. The number of hydrogen-bond donors (Lipinski definition) is 3. The van der Waals surface area contributed by atoms with E-state index in [2.05, 4.69) is 30.9 Å². The summed E-state index contributed by atoms with van der Waals surface area (Å²) in [6.45, 7) is 1.92. The largest absolute Gasteiger partial charge is 0.468 e. The molecular formula is C21H21N5O4S2. The van der Waals surface area contributed by atoms with Gasteiger partial charge in [-0.2, -0.15) is 0 Å². The monoisotopic (exact) mass is 471 g/mol. The van der Waals surface area contributed by atoms with Gasteiger partial charge in [0.1, 0.15) is 0 Å². The van der Waals surface area contributed by atoms with Gasteiger partial charge in [0.25, 0.3) is 0 Å². The van der Waals surface area contributed by atoms with Crippen LogP contribution >= 0.6 is 23.1 Å². The van der Waals surface area contributed by atoms with E-state index in [0.717, 1.165) is 16.8 Å². The lowest BCUT2D eigenvalue weighted by atomic mass is 10.1. The molecule has 0 atom stereocenters. The second-order valence-corrected chi connectivity index (χ2v) is 8.75. The molecule has 0 bridgehead atoms. The first-order valence-electron chi connectivity index (χ1n) is 9.48. The molecule has 0 spiro atoms. The van der Waals surface area contributed by atoms with Gasteiger partial charge in [0.2, 0.25) is 11.0 Å². The molecule has 2 aromatic carbocycles. The van der Waals surface area contributed by atoms with Crippen LogP contribution in [0.15, 0.2) is 52.9 Å². The first kappa shape index (κ1) is 23.2. The van der Waals surface area contributed by atoms with Crippen molar-refractivity contribution in [2.24, 2.45) is 0 Å². The van der Waals surface area contributed by atoms with Crippen molar-refractivity contribution in [1.29, 1.82) is 0 Å². The number of benzene rings is 2. The molecule has 9 nitrogen and oxygen atoms in total. The summed E-state index contributed by atoms with van der Waals surface area (Å²) < 4.78 is 5.13. The molecule has 3 amide bonds. The van der Waals surface area contributed by atoms with Gasteiger partial charge in [0.05, 0.1) is 19.3 Å². The fraction of sp³-hybridized carbons (Fsp3) is 0.190. The molecule has 3 N–H and O–H groups in total. The van der Waals surface area contributed by atoms with Gasteiger partial charge in [0.15, 0.2) is 4.34 Å². The summed E-state index contributed by atoms with van der Waals surface area (Å²) in [7, 11) is 1.32. The molecule has 0 saturated carbocycles. The van der Waals surface area contributed by atoms with Crippen LogP contribution in [0.2, 0.25) is 0 Å². The van der Waals surface area contributed by atoms with Crippen molar-refractivity contribution in [3.05, 3.63) is 59.7 Å². The van der Waals surface area contributed by atoms with Crippen LogP contribution in [0.25, 0.3) is 0 Å². The summed E-state index contributed by atoms with van der Waals surface area (Å²) in [6.07, 6.45) is 0.139. The number of esters is 1. The lowest BCUT2D eigenvalue weighted by molar-refractivity contribution is -0.137. The number of rotatable bonds is 8. The minimum atomic E-state index is -0.360. The summed E-state index contributed by atoms with van der Waals surface area (Å²) in [5, 5.41) is 16.4. The Morgan fingerprint density at radius 3 is 2.47 bits per heavy atom. The molecule has 0 aliphatic carbocycles. The number of anilines is 3. The van der Waals surface area contributed by atoms with Crippen LogP contribution < -0.4 is 16.0 Å². The van der Waals surface area contributed by atoms with Crippen LogP contribution in [-0.2, 0) is 20.7 Å². The Morgan fingerprint density at radius 2 is 1.75 bits per heavy atom. The Morgan fingerprint density at radius 1 is 1.00 bits per heavy atom. The quantitative estimate of drug-likeness (QED) is 0.258. The van der Waals surface area contributed by atoms with Crippen molar-refractivity contribution >= 4 is 57.5 Å². The Bertz CT molecular complexity index is 1100. The fourth-order valence-corrected chi connectivity index (χ4v) is 4.15. The Hall–Kier alpha value is -3.44. The number of thioether (sulfide) groups is 1. The number of carbonyl (C=O) groups excluding carboxylic acids is 3. The first-order valence-corrected chi connectivity index (χ1v) is 11.3. The number of para-hydroxylation sites is 1. The molecule has 1 heterocycles. The van der Waals surface area contributed by atoms with E-state index in [1.807, 2.05) is 31.2 Å². The number of ether oxygens (including phenoxy) is 1. The highest BCUT2D eigenvalue weighted by molar-refractivity contribution is 8.01. The summed E-state index contributed by atoms with van der Waals surface area (Å²) >= 11 is 2.37. The Balaban J connectivity index is 1.47. The lowest BCUT2D eigenvalue weighted by Crippen LogP contribution is -2.20. The number of aromatic nitrogens is 2. The van der Waals surface area contributed by atoms with Crippen LogP contribution in [0.3, 0.4) is 0 Å². The van der Waals surface area contributed by atoms with Crippen molar-refractivity contribution in [3.63, 3.8) is 0 Å². The zero-order valence-corrected chi connectivity index (χ0v) is 19.0. The molecule has 3 rings (SSSR count). The van der Waals surface area contributed by atoms with E-state index < -0.39 is 0 Å². The minimum absolute atomic E-state index is 0.127. The second kappa shape index (κ2) is 11.3. The van der Waals surface area contributed by atoms with E-state index in [1.165, 1.54) is 30.2 Å². The number of nitrogens with zero attached hydrogens (tertiary/aromatic N) is 2. The van der Waals surface area contributed by atoms with E-state index in [0.29, 0.717) is 15.2 Å². The van der Waals surface area contributed by atoms with Crippen LogP contribution in [0.1, 0.15) is 11.1 Å². The molecule has 0 aliphatic heterocycles. The third-order valence-electron chi connectivity index (χ3n) is 4.16. The van der Waals surface area contributed by atoms with E-state index in [1.54, 1.807) is 24.3 Å². The summed E-state index contributed by atoms with van der Waals surface area (Å²) in [5.74, 6) is -0.479. The minimum Gasteiger partial charge on any atom is -0.468 e. The highest BCUT2D eigenvalue weighted by atomic mass is 32.2. The molecule has 1 aromatic heterocycles. The Labute approximate surface area is 193 Å². The molecule has 11 heteroatoms. The van der Waals surface area contributed by atoms with Crippen LogP contribution in [0.5, 0.6) is 0 Å².